The number of aryl methyl sites for hydroxylation is 1. The third-order valence-corrected chi connectivity index (χ3v) is 2.18. The topological polar surface area (TPSA) is 42.2 Å². The van der Waals surface area contributed by atoms with E-state index >= 15 is 0 Å². The summed E-state index contributed by atoms with van der Waals surface area (Å²) in [7, 11) is 0.621. The van der Waals surface area contributed by atoms with Gasteiger partial charge in [-0.25, -0.2) is 9.67 Å². The highest BCUT2D eigenvalue weighted by Crippen LogP contribution is 2.17. The third-order valence-electron chi connectivity index (χ3n) is 1.47. The summed E-state index contributed by atoms with van der Waals surface area (Å²) in [5.74, 6) is 1.89. The van der Waals surface area contributed by atoms with E-state index in [0.717, 1.165) is 5.56 Å². The molecule has 2 rings (SSSR count). The Morgan fingerprint density at radius 2 is 2.00 bits per heavy atom. The summed E-state index contributed by atoms with van der Waals surface area (Å²) in [4.78, 5) is 4.20. The molecule has 0 saturated carbocycles. The van der Waals surface area contributed by atoms with Gasteiger partial charge in [-0.15, -0.1) is 0 Å². The number of aromatic nitrogens is 2. The van der Waals surface area contributed by atoms with E-state index in [1.54, 1.807) is 0 Å². The van der Waals surface area contributed by atoms with Crippen LogP contribution in [0.4, 0.5) is 0 Å². The van der Waals surface area contributed by atoms with E-state index in [4.69, 9.17) is 0 Å². The van der Waals surface area contributed by atoms with Crippen molar-refractivity contribution in [1.82, 2.24) is 14.9 Å². The van der Waals surface area contributed by atoms with Gasteiger partial charge in [0, 0.05) is 12.2 Å². The van der Waals surface area contributed by atoms with Crippen LogP contribution in [-0.4, -0.2) is 15.7 Å². The second-order valence-corrected chi connectivity index (χ2v) is 3.27. The Hall–Kier alpha value is -0.730. The molecule has 86 valence electrons. The first kappa shape index (κ1) is 14.3. The minimum Gasteiger partial charge on any atom is -0.253 e. The average Bonchev–Trinajstić information content (AvgIpc) is 2.94. The number of aliphatic imine (C=N–C) groups is 1. The Bertz CT molecular complexity index is 283. The summed E-state index contributed by atoms with van der Waals surface area (Å²) in [5.41, 5.74) is 1.16. The largest absolute Gasteiger partial charge is 0.253 e. The zero-order valence-corrected chi connectivity index (χ0v) is 11.2. The van der Waals surface area contributed by atoms with Gasteiger partial charge in [0.2, 0.25) is 0 Å². The van der Waals surface area contributed by atoms with Gasteiger partial charge in [-0.2, -0.15) is 5.10 Å². The van der Waals surface area contributed by atoms with Crippen molar-refractivity contribution < 1.29 is 0 Å². The molecule has 0 saturated heterocycles. The van der Waals surface area contributed by atoms with Crippen LogP contribution < -0.4 is 5.09 Å². The van der Waals surface area contributed by atoms with Gasteiger partial charge in [0.15, 0.2) is 6.29 Å². The Labute approximate surface area is 94.0 Å². The molecule has 2 atom stereocenters. The molecule has 0 aliphatic carbocycles. The Kier molecular flexibility index (Phi) is 8.15. The summed E-state index contributed by atoms with van der Waals surface area (Å²) in [6.45, 7) is 10.0. The fraction of sp³-hybridized carbons (Fsp3) is 0.600. The van der Waals surface area contributed by atoms with Gasteiger partial charge in [0.05, 0.1) is 6.20 Å². The maximum absolute atomic E-state index is 4.20. The third kappa shape index (κ3) is 4.54. The number of hydrogen-bond donors (Lipinski definition) is 1. The molecule has 1 N–H and O–H groups in total. The van der Waals surface area contributed by atoms with Crippen LogP contribution in [0.2, 0.25) is 0 Å². The molecule has 0 aromatic carbocycles. The molecule has 1 aliphatic heterocycles. The van der Waals surface area contributed by atoms with Crippen LogP contribution >= 0.6 is 8.73 Å². The summed E-state index contributed by atoms with van der Waals surface area (Å²) in [6, 6.07) is 0. The van der Waals surface area contributed by atoms with Crippen LogP contribution in [0.15, 0.2) is 17.4 Å². The van der Waals surface area contributed by atoms with Gasteiger partial charge in [0.25, 0.3) is 0 Å². The van der Waals surface area contributed by atoms with E-state index < -0.39 is 0 Å². The zero-order chi connectivity index (χ0) is 11.7. The first-order valence-electron chi connectivity index (χ1n) is 5.40. The first-order valence-corrected chi connectivity index (χ1v) is 6.47. The fourth-order valence-corrected chi connectivity index (χ4v) is 1.60. The summed E-state index contributed by atoms with van der Waals surface area (Å²) >= 11 is 0. The molecule has 4 nitrogen and oxygen atoms in total. The van der Waals surface area contributed by atoms with Gasteiger partial charge in [-0.3, -0.25) is 5.09 Å². The van der Waals surface area contributed by atoms with Crippen molar-refractivity contribution in [2.45, 2.75) is 40.9 Å². The SMILES string of the molecule is CC.CC.Cc1cnn(C2N=CPN2)c1. The Morgan fingerprint density at radius 3 is 2.40 bits per heavy atom. The molecule has 1 aromatic rings. The van der Waals surface area contributed by atoms with Gasteiger partial charge >= 0.3 is 0 Å². The highest BCUT2D eigenvalue weighted by molar-refractivity contribution is 7.53. The standard InChI is InChI=1S/C6H9N4P.2C2H6/c1-5-2-8-10(3-5)6-7-4-11-9-6;2*1-2/h2-4,6,9,11H,1H3;2*1-2H3. The van der Waals surface area contributed by atoms with Crippen molar-refractivity contribution in [2.24, 2.45) is 4.99 Å². The molecule has 1 aromatic heterocycles. The minimum absolute atomic E-state index is 0.0297. The van der Waals surface area contributed by atoms with Gasteiger partial charge < -0.3 is 0 Å². The van der Waals surface area contributed by atoms with Crippen LogP contribution in [0.25, 0.3) is 0 Å². The predicted octanol–water partition coefficient (Wildman–Crippen LogP) is 2.93. The lowest BCUT2D eigenvalue weighted by Gasteiger charge is -2.06. The molecule has 0 spiro atoms. The lowest BCUT2D eigenvalue weighted by molar-refractivity contribution is 0.467. The molecular formula is C10H21N4P. The molecule has 0 amide bonds. The summed E-state index contributed by atoms with van der Waals surface area (Å²) in [6.07, 6.45) is 3.84. The Morgan fingerprint density at radius 1 is 1.33 bits per heavy atom. The monoisotopic (exact) mass is 228 g/mol. The highest BCUT2D eigenvalue weighted by atomic mass is 31.1. The lowest BCUT2D eigenvalue weighted by atomic mass is 10.4. The number of nitrogens with one attached hydrogen (secondary N) is 1. The van der Waals surface area contributed by atoms with Crippen molar-refractivity contribution in [1.29, 1.82) is 0 Å². The number of nitrogens with zero attached hydrogens (tertiary/aromatic N) is 3. The fourth-order valence-electron chi connectivity index (χ4n) is 0.958. The lowest BCUT2D eigenvalue weighted by Crippen LogP contribution is -2.14. The van der Waals surface area contributed by atoms with E-state index in [9.17, 15) is 0 Å². The maximum Gasteiger partial charge on any atom is 0.198 e. The molecule has 0 radical (unpaired) electrons. The van der Waals surface area contributed by atoms with Crippen molar-refractivity contribution >= 4 is 14.7 Å². The van der Waals surface area contributed by atoms with E-state index in [-0.39, 0.29) is 6.29 Å². The Balaban J connectivity index is 0.000000442. The van der Waals surface area contributed by atoms with E-state index in [0.29, 0.717) is 8.73 Å². The van der Waals surface area contributed by atoms with Crippen LogP contribution in [0.1, 0.15) is 39.5 Å². The molecule has 0 fully saturated rings. The smallest absolute Gasteiger partial charge is 0.198 e. The second kappa shape index (κ2) is 8.57. The van der Waals surface area contributed by atoms with Gasteiger partial charge in [-0.1, -0.05) is 27.7 Å². The van der Waals surface area contributed by atoms with E-state index in [1.165, 1.54) is 0 Å². The summed E-state index contributed by atoms with van der Waals surface area (Å²) in [5, 5.41) is 7.33. The first-order chi connectivity index (χ1) is 7.36. The molecular weight excluding hydrogens is 207 g/mol. The average molecular weight is 228 g/mol. The quantitative estimate of drug-likeness (QED) is 0.751. The van der Waals surface area contributed by atoms with Gasteiger partial charge in [-0.05, 0) is 21.2 Å². The molecule has 0 bridgehead atoms. The number of rotatable bonds is 1. The van der Waals surface area contributed by atoms with Crippen molar-refractivity contribution in [3.05, 3.63) is 18.0 Å². The normalized spacial score (nSPS) is 19.1. The van der Waals surface area contributed by atoms with E-state index in [1.807, 2.05) is 57.6 Å². The molecule has 1 aliphatic rings. The van der Waals surface area contributed by atoms with Crippen molar-refractivity contribution in [2.75, 3.05) is 0 Å². The molecule has 2 unspecified atom stereocenters. The predicted molar refractivity (Wildman–Crippen MR) is 68.6 cm³/mol. The number of hydrogen-bond acceptors (Lipinski definition) is 3. The molecule has 2 heterocycles. The van der Waals surface area contributed by atoms with Gasteiger partial charge in [0.1, 0.15) is 0 Å². The van der Waals surface area contributed by atoms with Crippen LogP contribution in [0.3, 0.4) is 0 Å². The van der Waals surface area contributed by atoms with Crippen LogP contribution in [0, 0.1) is 6.92 Å². The van der Waals surface area contributed by atoms with Crippen molar-refractivity contribution in [3.8, 4) is 0 Å². The minimum atomic E-state index is 0.0297. The van der Waals surface area contributed by atoms with Crippen molar-refractivity contribution in [3.63, 3.8) is 0 Å². The molecule has 5 heteroatoms. The van der Waals surface area contributed by atoms with Crippen LogP contribution in [0.5, 0.6) is 0 Å². The summed E-state index contributed by atoms with van der Waals surface area (Å²) < 4.78 is 1.83. The van der Waals surface area contributed by atoms with E-state index in [2.05, 4.69) is 15.2 Å². The maximum atomic E-state index is 4.20. The molecule has 15 heavy (non-hydrogen) atoms. The zero-order valence-electron chi connectivity index (χ0n) is 10.2. The second-order valence-electron chi connectivity index (χ2n) is 2.44. The van der Waals surface area contributed by atoms with Crippen LogP contribution in [-0.2, 0) is 0 Å². The highest BCUT2D eigenvalue weighted by Gasteiger charge is 2.10.